The monoisotopic (exact) mass is 364 g/mol. The van der Waals surface area contributed by atoms with E-state index in [1.807, 2.05) is 0 Å². The van der Waals surface area contributed by atoms with Crippen molar-refractivity contribution in [2.45, 2.75) is 84.5 Å². The Morgan fingerprint density at radius 1 is 0.808 bits per heavy atom. The van der Waals surface area contributed by atoms with Crippen LogP contribution in [0.2, 0.25) is 0 Å². The lowest BCUT2D eigenvalue weighted by atomic mass is 9.75. The van der Waals surface area contributed by atoms with E-state index >= 15 is 0 Å². The molecule has 0 aromatic heterocycles. The van der Waals surface area contributed by atoms with Crippen LogP contribution in [0.3, 0.4) is 0 Å². The molecule has 0 aromatic carbocycles. The van der Waals surface area contributed by atoms with Crippen LogP contribution in [-0.2, 0) is 9.59 Å². The minimum Gasteiger partial charge on any atom is -0.303 e. The number of hydrogen-bond donors (Lipinski definition) is 0. The number of rotatable bonds is 12. The highest BCUT2D eigenvalue weighted by atomic mass is 16.2. The third kappa shape index (κ3) is 5.88. The number of likely N-dealkylation sites (tertiary alicyclic amines) is 1. The van der Waals surface area contributed by atoms with E-state index < -0.39 is 5.41 Å². The molecule has 1 saturated heterocycles. The number of hydrogen-bond acceptors (Lipinski definition) is 4. The predicted octanol–water partition coefficient (Wildman–Crippen LogP) is 4.07. The standard InChI is InChI=1S/C22H40N2O2/c1-3-5-7-14-23(15-8-6-4-2)16-9-17-24-18-12-22(13-19-24)20(25)10-11-21(22)26/h3-19H2,1-2H3. The minimum absolute atomic E-state index is 0.222. The Bertz CT molecular complexity index is 413. The van der Waals surface area contributed by atoms with E-state index in [-0.39, 0.29) is 11.6 Å². The summed E-state index contributed by atoms with van der Waals surface area (Å²) >= 11 is 0. The molecule has 0 unspecified atom stereocenters. The van der Waals surface area contributed by atoms with Crippen molar-refractivity contribution in [2.24, 2.45) is 5.41 Å². The number of carbonyl (C=O) groups is 2. The lowest BCUT2D eigenvalue weighted by molar-refractivity contribution is -0.138. The summed E-state index contributed by atoms with van der Waals surface area (Å²) in [7, 11) is 0. The second kappa shape index (κ2) is 11.2. The fraction of sp³-hybridized carbons (Fsp3) is 0.909. The summed E-state index contributed by atoms with van der Waals surface area (Å²) in [6.45, 7) is 11.2. The summed E-state index contributed by atoms with van der Waals surface area (Å²) in [5.41, 5.74) is -0.581. The van der Waals surface area contributed by atoms with Crippen molar-refractivity contribution in [3.63, 3.8) is 0 Å². The average molecular weight is 365 g/mol. The van der Waals surface area contributed by atoms with E-state index in [1.165, 1.54) is 64.6 Å². The third-order valence-electron chi connectivity index (χ3n) is 6.46. The molecule has 0 atom stereocenters. The molecule has 4 heteroatoms. The highest BCUT2D eigenvalue weighted by Gasteiger charge is 2.50. The van der Waals surface area contributed by atoms with E-state index in [9.17, 15) is 9.59 Å². The van der Waals surface area contributed by atoms with Gasteiger partial charge in [0.05, 0.1) is 5.41 Å². The van der Waals surface area contributed by atoms with Gasteiger partial charge in [0.15, 0.2) is 0 Å². The molecule has 1 heterocycles. The Hall–Kier alpha value is -0.740. The molecule has 26 heavy (non-hydrogen) atoms. The molecule has 1 saturated carbocycles. The minimum atomic E-state index is -0.581. The van der Waals surface area contributed by atoms with Gasteiger partial charge < -0.3 is 9.80 Å². The lowest BCUT2D eigenvalue weighted by Crippen LogP contribution is -2.46. The van der Waals surface area contributed by atoms with Crippen molar-refractivity contribution < 1.29 is 9.59 Å². The maximum absolute atomic E-state index is 12.2. The van der Waals surface area contributed by atoms with Gasteiger partial charge in [0.25, 0.3) is 0 Å². The number of Topliss-reactive ketones (excluding diaryl/α,β-unsaturated/α-hetero) is 2. The Labute approximate surface area is 160 Å². The molecule has 0 amide bonds. The lowest BCUT2D eigenvalue weighted by Gasteiger charge is -2.37. The first-order valence-corrected chi connectivity index (χ1v) is 11.1. The zero-order chi connectivity index (χ0) is 18.8. The fourth-order valence-corrected chi connectivity index (χ4v) is 4.60. The molecule has 2 aliphatic rings. The van der Waals surface area contributed by atoms with Gasteiger partial charge >= 0.3 is 0 Å². The average Bonchev–Trinajstić information content (AvgIpc) is 2.92. The topological polar surface area (TPSA) is 40.6 Å². The zero-order valence-corrected chi connectivity index (χ0v) is 17.2. The molecule has 2 rings (SSSR count). The fourth-order valence-electron chi connectivity index (χ4n) is 4.60. The van der Waals surface area contributed by atoms with Gasteiger partial charge in [0.2, 0.25) is 0 Å². The van der Waals surface area contributed by atoms with E-state index in [0.29, 0.717) is 12.8 Å². The van der Waals surface area contributed by atoms with Gasteiger partial charge in [-0.1, -0.05) is 39.5 Å². The van der Waals surface area contributed by atoms with E-state index in [4.69, 9.17) is 0 Å². The molecule has 1 spiro atoms. The van der Waals surface area contributed by atoms with Crippen LogP contribution < -0.4 is 0 Å². The summed E-state index contributed by atoms with van der Waals surface area (Å²) in [6, 6.07) is 0. The van der Waals surface area contributed by atoms with Crippen LogP contribution in [0.15, 0.2) is 0 Å². The smallest absolute Gasteiger partial charge is 0.146 e. The largest absolute Gasteiger partial charge is 0.303 e. The first kappa shape index (κ1) is 21.6. The Balaban J connectivity index is 1.68. The van der Waals surface area contributed by atoms with Crippen LogP contribution in [0.25, 0.3) is 0 Å². The molecule has 2 fully saturated rings. The first-order valence-electron chi connectivity index (χ1n) is 11.1. The summed E-state index contributed by atoms with van der Waals surface area (Å²) in [6.07, 6.45) is 11.6. The second-order valence-corrected chi connectivity index (χ2v) is 8.38. The van der Waals surface area contributed by atoms with Crippen molar-refractivity contribution in [1.29, 1.82) is 0 Å². The van der Waals surface area contributed by atoms with Gasteiger partial charge in [-0.05, 0) is 71.4 Å². The summed E-state index contributed by atoms with van der Waals surface area (Å²) < 4.78 is 0. The predicted molar refractivity (Wildman–Crippen MR) is 107 cm³/mol. The van der Waals surface area contributed by atoms with Gasteiger partial charge in [-0.25, -0.2) is 0 Å². The van der Waals surface area contributed by atoms with Crippen molar-refractivity contribution in [1.82, 2.24) is 9.80 Å². The van der Waals surface area contributed by atoms with Crippen molar-refractivity contribution in [3.05, 3.63) is 0 Å². The molecule has 0 radical (unpaired) electrons. The summed E-state index contributed by atoms with van der Waals surface area (Å²) in [5, 5.41) is 0. The van der Waals surface area contributed by atoms with Gasteiger partial charge in [0, 0.05) is 12.8 Å². The molecular formula is C22H40N2O2. The number of carbonyl (C=O) groups excluding carboxylic acids is 2. The molecule has 1 aliphatic carbocycles. The van der Waals surface area contributed by atoms with Gasteiger partial charge in [-0.15, -0.1) is 0 Å². The summed E-state index contributed by atoms with van der Waals surface area (Å²) in [4.78, 5) is 29.5. The zero-order valence-electron chi connectivity index (χ0n) is 17.2. The van der Waals surface area contributed by atoms with Gasteiger partial charge in [-0.2, -0.15) is 0 Å². The quantitative estimate of drug-likeness (QED) is 0.386. The van der Waals surface area contributed by atoms with Gasteiger partial charge in [-0.3, -0.25) is 9.59 Å². The first-order chi connectivity index (χ1) is 12.6. The van der Waals surface area contributed by atoms with E-state index in [2.05, 4.69) is 23.6 Å². The molecule has 1 aliphatic heterocycles. The third-order valence-corrected chi connectivity index (χ3v) is 6.46. The molecular weight excluding hydrogens is 324 g/mol. The Morgan fingerprint density at radius 2 is 1.31 bits per heavy atom. The molecule has 4 nitrogen and oxygen atoms in total. The summed E-state index contributed by atoms with van der Waals surface area (Å²) in [5.74, 6) is 0.445. The van der Waals surface area contributed by atoms with Crippen LogP contribution in [0.1, 0.15) is 84.5 Å². The van der Waals surface area contributed by atoms with Crippen LogP contribution in [0, 0.1) is 5.41 Å². The highest BCUT2D eigenvalue weighted by molar-refractivity contribution is 6.12. The SMILES string of the molecule is CCCCCN(CCCCC)CCCN1CCC2(CC1)C(=O)CCC2=O. The van der Waals surface area contributed by atoms with Crippen LogP contribution >= 0.6 is 0 Å². The molecule has 0 N–H and O–H groups in total. The van der Waals surface area contributed by atoms with Crippen molar-refractivity contribution >= 4 is 11.6 Å². The van der Waals surface area contributed by atoms with Crippen molar-refractivity contribution in [2.75, 3.05) is 39.3 Å². The number of piperidine rings is 1. The van der Waals surface area contributed by atoms with Crippen molar-refractivity contribution in [3.8, 4) is 0 Å². The highest BCUT2D eigenvalue weighted by Crippen LogP contribution is 2.40. The normalized spacial score (nSPS) is 20.6. The van der Waals surface area contributed by atoms with Gasteiger partial charge in [0.1, 0.15) is 11.6 Å². The number of unbranched alkanes of at least 4 members (excludes halogenated alkanes) is 4. The number of ketones is 2. The Kier molecular flexibility index (Phi) is 9.27. The Morgan fingerprint density at radius 3 is 1.81 bits per heavy atom. The molecule has 0 aromatic rings. The van der Waals surface area contributed by atoms with Crippen LogP contribution in [-0.4, -0.2) is 60.6 Å². The van der Waals surface area contributed by atoms with Crippen LogP contribution in [0.5, 0.6) is 0 Å². The second-order valence-electron chi connectivity index (χ2n) is 8.38. The van der Waals surface area contributed by atoms with E-state index in [1.54, 1.807) is 0 Å². The molecule has 150 valence electrons. The molecule has 0 bridgehead atoms. The number of nitrogens with zero attached hydrogens (tertiary/aromatic N) is 2. The van der Waals surface area contributed by atoms with Crippen LogP contribution in [0.4, 0.5) is 0 Å². The maximum Gasteiger partial charge on any atom is 0.146 e. The maximum atomic E-state index is 12.2. The van der Waals surface area contributed by atoms with E-state index in [0.717, 1.165) is 32.5 Å².